The van der Waals surface area contributed by atoms with Crippen LogP contribution in [0.3, 0.4) is 0 Å². The van der Waals surface area contributed by atoms with Crippen LogP contribution >= 0.6 is 0 Å². The maximum atomic E-state index is 12.2. The summed E-state index contributed by atoms with van der Waals surface area (Å²) >= 11 is 0. The molecule has 2 aromatic rings. The van der Waals surface area contributed by atoms with Crippen LogP contribution in [-0.2, 0) is 14.9 Å². The number of rotatable bonds is 6. The van der Waals surface area contributed by atoms with E-state index in [9.17, 15) is 18.5 Å². The van der Waals surface area contributed by atoms with Crippen molar-refractivity contribution in [3.63, 3.8) is 0 Å². The molecule has 0 aliphatic rings. The minimum absolute atomic E-state index is 0.197. The number of nitrogens with zero attached hydrogens (tertiary/aromatic N) is 1. The SMILES string of the molecule is COc1ccc(C)cc1N/C=C(/C#N)C(=O)Nc1ccc(S(=O)(=O)O)cc1. The molecule has 0 bridgehead atoms. The molecule has 0 aliphatic carbocycles. The van der Waals surface area contributed by atoms with Crippen LogP contribution in [0.2, 0.25) is 0 Å². The minimum Gasteiger partial charge on any atom is -0.495 e. The normalized spacial score (nSPS) is 11.4. The van der Waals surface area contributed by atoms with Crippen molar-refractivity contribution < 1.29 is 22.5 Å². The summed E-state index contributed by atoms with van der Waals surface area (Å²) in [5, 5.41) is 14.6. The van der Waals surface area contributed by atoms with Crippen LogP contribution in [0, 0.1) is 18.3 Å². The molecule has 9 heteroatoms. The number of carbonyl (C=O) groups is 1. The first-order valence-corrected chi connectivity index (χ1v) is 9.09. The van der Waals surface area contributed by atoms with Crippen LogP contribution in [0.4, 0.5) is 11.4 Å². The number of ether oxygens (including phenoxy) is 1. The van der Waals surface area contributed by atoms with Crippen molar-refractivity contribution >= 4 is 27.4 Å². The fourth-order valence-corrected chi connectivity index (χ4v) is 2.62. The molecule has 0 unspecified atom stereocenters. The van der Waals surface area contributed by atoms with Crippen LogP contribution in [-0.4, -0.2) is 26.0 Å². The molecule has 1 amide bonds. The summed E-state index contributed by atoms with van der Waals surface area (Å²) in [6, 6.07) is 12.1. The van der Waals surface area contributed by atoms with Gasteiger partial charge in [0.2, 0.25) is 0 Å². The highest BCUT2D eigenvalue weighted by atomic mass is 32.2. The average molecular weight is 387 g/mol. The van der Waals surface area contributed by atoms with Crippen molar-refractivity contribution in [2.24, 2.45) is 0 Å². The van der Waals surface area contributed by atoms with Gasteiger partial charge in [0.1, 0.15) is 17.4 Å². The third-order valence-electron chi connectivity index (χ3n) is 3.50. The first kappa shape index (κ1) is 20.0. The Kier molecular flexibility index (Phi) is 6.18. The second-order valence-electron chi connectivity index (χ2n) is 5.47. The van der Waals surface area contributed by atoms with Gasteiger partial charge in [-0.2, -0.15) is 13.7 Å². The number of hydrogen-bond donors (Lipinski definition) is 3. The molecule has 0 aliphatic heterocycles. The lowest BCUT2D eigenvalue weighted by Gasteiger charge is -2.10. The third kappa shape index (κ3) is 5.31. The number of aryl methyl sites for hydroxylation is 1. The Labute approximate surface area is 156 Å². The number of hydrogen-bond acceptors (Lipinski definition) is 6. The summed E-state index contributed by atoms with van der Waals surface area (Å²) in [7, 11) is -2.81. The van der Waals surface area contributed by atoms with Crippen molar-refractivity contribution in [3.05, 3.63) is 59.8 Å². The van der Waals surface area contributed by atoms with Gasteiger partial charge in [0, 0.05) is 11.9 Å². The van der Waals surface area contributed by atoms with Gasteiger partial charge in [0.25, 0.3) is 16.0 Å². The van der Waals surface area contributed by atoms with E-state index in [1.165, 1.54) is 25.4 Å². The highest BCUT2D eigenvalue weighted by molar-refractivity contribution is 7.85. The number of anilines is 2. The van der Waals surface area contributed by atoms with E-state index in [0.717, 1.165) is 17.7 Å². The van der Waals surface area contributed by atoms with Gasteiger partial charge in [-0.05, 0) is 48.9 Å². The van der Waals surface area contributed by atoms with E-state index in [4.69, 9.17) is 9.29 Å². The molecule has 0 spiro atoms. The van der Waals surface area contributed by atoms with Gasteiger partial charge in [-0.1, -0.05) is 6.07 Å². The van der Waals surface area contributed by atoms with Crippen molar-refractivity contribution in [1.82, 2.24) is 0 Å². The number of nitrogens with one attached hydrogen (secondary N) is 2. The lowest BCUT2D eigenvalue weighted by atomic mass is 10.2. The average Bonchev–Trinajstić information content (AvgIpc) is 2.62. The van der Waals surface area contributed by atoms with E-state index in [2.05, 4.69) is 10.6 Å². The number of methoxy groups -OCH3 is 1. The zero-order valence-corrected chi connectivity index (χ0v) is 15.4. The summed E-state index contributed by atoms with van der Waals surface area (Å²) in [4.78, 5) is 11.9. The number of carbonyl (C=O) groups excluding carboxylic acids is 1. The quantitative estimate of drug-likeness (QED) is 0.395. The predicted molar refractivity (Wildman–Crippen MR) is 99.9 cm³/mol. The first-order valence-electron chi connectivity index (χ1n) is 7.65. The van der Waals surface area contributed by atoms with Crippen molar-refractivity contribution in [2.75, 3.05) is 17.7 Å². The number of benzene rings is 2. The Morgan fingerprint density at radius 2 is 1.89 bits per heavy atom. The van der Waals surface area contributed by atoms with Gasteiger partial charge >= 0.3 is 0 Å². The summed E-state index contributed by atoms with van der Waals surface area (Å²) in [5.41, 5.74) is 1.63. The molecule has 0 saturated carbocycles. The van der Waals surface area contributed by atoms with Crippen molar-refractivity contribution in [2.45, 2.75) is 11.8 Å². The Morgan fingerprint density at radius 1 is 1.22 bits per heavy atom. The fraction of sp³-hybridized carbons (Fsp3) is 0.111. The number of nitriles is 1. The Balaban J connectivity index is 2.15. The zero-order chi connectivity index (χ0) is 20.0. The van der Waals surface area contributed by atoms with Gasteiger partial charge in [-0.25, -0.2) is 0 Å². The summed E-state index contributed by atoms with van der Waals surface area (Å²) in [6.45, 7) is 1.89. The van der Waals surface area contributed by atoms with E-state index in [1.54, 1.807) is 18.2 Å². The monoisotopic (exact) mass is 387 g/mol. The highest BCUT2D eigenvalue weighted by Crippen LogP contribution is 2.25. The van der Waals surface area contributed by atoms with E-state index in [-0.39, 0.29) is 16.2 Å². The van der Waals surface area contributed by atoms with Crippen LogP contribution in [0.1, 0.15) is 5.56 Å². The third-order valence-corrected chi connectivity index (χ3v) is 4.37. The van der Waals surface area contributed by atoms with Crippen molar-refractivity contribution in [1.29, 1.82) is 5.26 Å². The van der Waals surface area contributed by atoms with Gasteiger partial charge in [-0.15, -0.1) is 0 Å². The topological polar surface area (TPSA) is 129 Å². The lowest BCUT2D eigenvalue weighted by Crippen LogP contribution is -2.14. The van der Waals surface area contributed by atoms with Crippen LogP contribution in [0.25, 0.3) is 0 Å². The molecule has 27 heavy (non-hydrogen) atoms. The van der Waals surface area contributed by atoms with Gasteiger partial charge in [0.15, 0.2) is 0 Å². The van der Waals surface area contributed by atoms with Crippen LogP contribution < -0.4 is 15.4 Å². The summed E-state index contributed by atoms with van der Waals surface area (Å²) in [5.74, 6) is -0.133. The molecule has 0 heterocycles. The molecule has 2 rings (SSSR count). The molecule has 2 aromatic carbocycles. The lowest BCUT2D eigenvalue weighted by molar-refractivity contribution is -0.112. The maximum Gasteiger partial charge on any atom is 0.294 e. The minimum atomic E-state index is -4.32. The maximum absolute atomic E-state index is 12.2. The van der Waals surface area contributed by atoms with E-state index in [0.29, 0.717) is 11.4 Å². The zero-order valence-electron chi connectivity index (χ0n) is 14.6. The largest absolute Gasteiger partial charge is 0.495 e. The molecule has 8 nitrogen and oxygen atoms in total. The van der Waals surface area contributed by atoms with E-state index < -0.39 is 16.0 Å². The molecule has 140 valence electrons. The van der Waals surface area contributed by atoms with Crippen LogP contribution in [0.5, 0.6) is 5.75 Å². The van der Waals surface area contributed by atoms with Gasteiger partial charge in [0.05, 0.1) is 17.7 Å². The molecule has 3 N–H and O–H groups in total. The summed E-state index contributed by atoms with van der Waals surface area (Å²) in [6.07, 6.45) is 1.25. The second kappa shape index (κ2) is 8.35. The summed E-state index contributed by atoms with van der Waals surface area (Å²) < 4.78 is 36.2. The highest BCUT2D eigenvalue weighted by Gasteiger charge is 2.12. The predicted octanol–water partition coefficient (Wildman–Crippen LogP) is 2.71. The van der Waals surface area contributed by atoms with Crippen molar-refractivity contribution in [3.8, 4) is 11.8 Å². The Morgan fingerprint density at radius 3 is 2.44 bits per heavy atom. The smallest absolute Gasteiger partial charge is 0.294 e. The molecule has 0 aromatic heterocycles. The number of amides is 1. The Hall–Kier alpha value is -3.35. The molecular weight excluding hydrogens is 370 g/mol. The fourth-order valence-electron chi connectivity index (χ4n) is 2.14. The first-order chi connectivity index (χ1) is 12.7. The van der Waals surface area contributed by atoms with Gasteiger partial charge < -0.3 is 15.4 Å². The standard InChI is InChI=1S/C18H17N3O5S/c1-12-3-8-17(26-2)16(9-12)20-11-13(10-19)18(22)21-14-4-6-15(7-5-14)27(23,24)25/h3-9,11,20H,1-2H3,(H,21,22)(H,23,24,25)/b13-11-. The molecule has 0 saturated heterocycles. The molecule has 0 fully saturated rings. The molecular formula is C18H17N3O5S. The van der Waals surface area contributed by atoms with Crippen LogP contribution in [0.15, 0.2) is 59.1 Å². The van der Waals surface area contributed by atoms with Gasteiger partial charge in [-0.3, -0.25) is 9.35 Å². The van der Waals surface area contributed by atoms with E-state index >= 15 is 0 Å². The van der Waals surface area contributed by atoms with E-state index in [1.807, 2.05) is 13.0 Å². The Bertz CT molecular complexity index is 1020. The second-order valence-corrected chi connectivity index (χ2v) is 6.89. The molecule has 0 radical (unpaired) electrons. The molecule has 0 atom stereocenters.